The molecule has 340 valence electrons. The Kier molecular flexibility index (Phi) is 17.6. The third kappa shape index (κ3) is 16.0. The summed E-state index contributed by atoms with van der Waals surface area (Å²) < 4.78 is 50.7. The number of hydrogen-bond donors (Lipinski definition) is 3. The summed E-state index contributed by atoms with van der Waals surface area (Å²) in [6, 6.07) is 8.30. The molecule has 2 fully saturated rings. The predicted octanol–water partition coefficient (Wildman–Crippen LogP) is 5.76. The van der Waals surface area contributed by atoms with E-state index in [-0.39, 0.29) is 42.1 Å². The van der Waals surface area contributed by atoms with Gasteiger partial charge in [-0.3, -0.25) is 14.4 Å². The van der Waals surface area contributed by atoms with Gasteiger partial charge in [0.15, 0.2) is 0 Å². The van der Waals surface area contributed by atoms with Gasteiger partial charge in [-0.05, 0) is 147 Å². The van der Waals surface area contributed by atoms with Gasteiger partial charge in [0.2, 0.25) is 21.8 Å². The number of piperidine rings is 2. The molecule has 1 atom stereocenters. The fraction of sp³-hybridized carbons (Fsp3) is 0.659. The number of nitrogens with zero attached hydrogens (tertiary/aromatic N) is 2. The number of likely N-dealkylation sites (tertiary alicyclic amines) is 2. The third-order valence-corrected chi connectivity index (χ3v) is 12.3. The molecule has 2 aromatic rings. The molecule has 2 heterocycles. The van der Waals surface area contributed by atoms with Crippen LogP contribution in [0, 0.1) is 17.8 Å². The molecule has 0 saturated carbocycles. The van der Waals surface area contributed by atoms with Crippen molar-refractivity contribution in [3.8, 4) is 5.75 Å². The molecule has 0 radical (unpaired) electrons. The minimum absolute atomic E-state index is 0.00797. The predicted molar refractivity (Wildman–Crippen MR) is 230 cm³/mol. The Morgan fingerprint density at radius 3 is 1.75 bits per heavy atom. The molecule has 0 unspecified atom stereocenters. The second-order valence-corrected chi connectivity index (χ2v) is 19.7. The van der Waals surface area contributed by atoms with Crippen LogP contribution in [0.1, 0.15) is 99.8 Å². The van der Waals surface area contributed by atoms with Crippen LogP contribution in [0.25, 0.3) is 10.8 Å². The Morgan fingerprint density at radius 2 is 1.26 bits per heavy atom. The third-order valence-electron chi connectivity index (χ3n) is 10.9. The van der Waals surface area contributed by atoms with E-state index in [1.54, 1.807) is 41.0 Å². The minimum Gasteiger partial charge on any atom is -0.497 e. The van der Waals surface area contributed by atoms with Crippen LogP contribution < -0.4 is 20.1 Å². The molecule has 2 aliphatic heterocycles. The number of rotatable bonds is 17. The fourth-order valence-corrected chi connectivity index (χ4v) is 8.72. The van der Waals surface area contributed by atoms with Crippen LogP contribution in [0.15, 0.2) is 41.3 Å². The van der Waals surface area contributed by atoms with Crippen molar-refractivity contribution in [3.05, 3.63) is 36.4 Å². The van der Waals surface area contributed by atoms with Crippen molar-refractivity contribution in [2.45, 2.75) is 122 Å². The molecule has 0 aromatic heterocycles. The van der Waals surface area contributed by atoms with E-state index in [4.69, 9.17) is 18.9 Å². The van der Waals surface area contributed by atoms with E-state index in [0.717, 1.165) is 43.9 Å². The molecule has 17 heteroatoms. The number of ether oxygens (including phenoxy) is 4. The summed E-state index contributed by atoms with van der Waals surface area (Å²) in [6.45, 7) is 14.1. The highest BCUT2D eigenvalue weighted by molar-refractivity contribution is 7.89. The Hall–Kier alpha value is -4.64. The van der Waals surface area contributed by atoms with Crippen molar-refractivity contribution in [1.29, 1.82) is 0 Å². The first-order chi connectivity index (χ1) is 28.7. The molecule has 2 saturated heterocycles. The molecule has 4 amide bonds. The number of carbonyl (C=O) groups excluding carboxylic acids is 5. The van der Waals surface area contributed by atoms with E-state index >= 15 is 0 Å². The summed E-state index contributed by atoms with van der Waals surface area (Å²) in [4.78, 5) is 68.3. The highest BCUT2D eigenvalue weighted by atomic mass is 32.2. The number of sulfonamides is 1. The number of esters is 1. The maximum absolute atomic E-state index is 13.7. The SMILES string of the molecule is CCOC(=O)[C@H](CNC(=O)CNC(=O)C(CCC1CCN(C(=O)OC(C)(C)C)CC1)CCC1CCN(C(=O)OC(C)(C)C)CC1)NS(=O)(=O)c1ccc2cc(OC)ccc2c1. The minimum atomic E-state index is -4.23. The lowest BCUT2D eigenvalue weighted by atomic mass is 9.84. The van der Waals surface area contributed by atoms with E-state index in [1.165, 1.54) is 19.2 Å². The lowest BCUT2D eigenvalue weighted by Gasteiger charge is -2.34. The average molecular weight is 874 g/mol. The smallest absolute Gasteiger partial charge is 0.410 e. The van der Waals surface area contributed by atoms with Crippen molar-refractivity contribution in [2.24, 2.45) is 17.8 Å². The van der Waals surface area contributed by atoms with Crippen molar-refractivity contribution < 1.29 is 51.3 Å². The highest BCUT2D eigenvalue weighted by Crippen LogP contribution is 2.30. The van der Waals surface area contributed by atoms with Gasteiger partial charge in [-0.1, -0.05) is 12.1 Å². The summed E-state index contributed by atoms with van der Waals surface area (Å²) >= 11 is 0. The van der Waals surface area contributed by atoms with Gasteiger partial charge in [-0.2, -0.15) is 4.72 Å². The number of benzene rings is 2. The lowest BCUT2D eigenvalue weighted by molar-refractivity contribution is -0.145. The second-order valence-electron chi connectivity index (χ2n) is 18.0. The quantitative estimate of drug-likeness (QED) is 0.129. The second kappa shape index (κ2) is 21.9. The first-order valence-corrected chi connectivity index (χ1v) is 22.9. The molecule has 61 heavy (non-hydrogen) atoms. The van der Waals surface area contributed by atoms with Crippen LogP contribution in [0.4, 0.5) is 9.59 Å². The van der Waals surface area contributed by atoms with Crippen LogP contribution in [-0.2, 0) is 38.6 Å². The van der Waals surface area contributed by atoms with Crippen LogP contribution in [0.3, 0.4) is 0 Å². The van der Waals surface area contributed by atoms with E-state index in [9.17, 15) is 32.4 Å². The fourth-order valence-electron chi connectivity index (χ4n) is 7.50. The van der Waals surface area contributed by atoms with Crippen molar-refractivity contribution >= 4 is 50.8 Å². The topological polar surface area (TPSA) is 199 Å². The molecule has 3 N–H and O–H groups in total. The molecule has 0 aliphatic carbocycles. The van der Waals surface area contributed by atoms with Crippen LogP contribution in [0.5, 0.6) is 5.75 Å². The van der Waals surface area contributed by atoms with Gasteiger partial charge in [-0.25, -0.2) is 18.0 Å². The Morgan fingerprint density at radius 1 is 0.754 bits per heavy atom. The largest absolute Gasteiger partial charge is 0.497 e. The molecular formula is C44H67N5O11S. The van der Waals surface area contributed by atoms with Crippen LogP contribution in [-0.4, -0.2) is 118 Å². The van der Waals surface area contributed by atoms with Gasteiger partial charge in [0.1, 0.15) is 23.0 Å². The summed E-state index contributed by atoms with van der Waals surface area (Å²) in [7, 11) is -2.69. The average Bonchev–Trinajstić information content (AvgIpc) is 3.20. The maximum atomic E-state index is 13.7. The van der Waals surface area contributed by atoms with Crippen LogP contribution in [0.2, 0.25) is 0 Å². The molecular weight excluding hydrogens is 807 g/mol. The summed E-state index contributed by atoms with van der Waals surface area (Å²) in [5, 5.41) is 6.75. The molecule has 0 bridgehead atoms. The maximum Gasteiger partial charge on any atom is 0.410 e. The lowest BCUT2D eigenvalue weighted by Crippen LogP contribution is -2.50. The summed E-state index contributed by atoms with van der Waals surface area (Å²) in [5.41, 5.74) is -1.15. The van der Waals surface area contributed by atoms with Gasteiger partial charge in [0, 0.05) is 38.6 Å². The van der Waals surface area contributed by atoms with Gasteiger partial charge >= 0.3 is 18.2 Å². The van der Waals surface area contributed by atoms with Gasteiger partial charge in [0.05, 0.1) is 25.2 Å². The van der Waals surface area contributed by atoms with E-state index in [1.807, 2.05) is 41.5 Å². The highest BCUT2D eigenvalue weighted by Gasteiger charge is 2.32. The van der Waals surface area contributed by atoms with E-state index in [0.29, 0.717) is 62.0 Å². The van der Waals surface area contributed by atoms with Gasteiger partial charge < -0.3 is 39.4 Å². The molecule has 2 aliphatic rings. The first-order valence-electron chi connectivity index (χ1n) is 21.4. The zero-order valence-corrected chi connectivity index (χ0v) is 38.0. The molecule has 16 nitrogen and oxygen atoms in total. The number of carbonyl (C=O) groups is 5. The summed E-state index contributed by atoms with van der Waals surface area (Å²) in [6.07, 6.45) is 5.26. The molecule has 2 aromatic carbocycles. The molecule has 4 rings (SSSR count). The first kappa shape index (κ1) is 49.0. The molecule has 0 spiro atoms. The van der Waals surface area contributed by atoms with Crippen molar-refractivity contribution in [1.82, 2.24) is 25.2 Å². The zero-order valence-electron chi connectivity index (χ0n) is 37.2. The number of fused-ring (bicyclic) bond motifs is 1. The number of amides is 4. The van der Waals surface area contributed by atoms with Crippen LogP contribution >= 0.6 is 0 Å². The monoisotopic (exact) mass is 873 g/mol. The van der Waals surface area contributed by atoms with Gasteiger partial charge in [-0.15, -0.1) is 0 Å². The Balaban J connectivity index is 1.34. The Labute approximate surface area is 361 Å². The van der Waals surface area contributed by atoms with Crippen molar-refractivity contribution in [3.63, 3.8) is 0 Å². The number of nitrogens with one attached hydrogen (secondary N) is 3. The number of hydrogen-bond acceptors (Lipinski definition) is 11. The standard InChI is InChI=1S/C44H67N5O11S/c1-9-58-40(52)37(47-61(55,56)36-17-15-33-26-35(57-8)16-14-34(33)27-36)28-45-38(50)29-46-39(51)32(12-10-30-18-22-48(23-19-30)41(53)59-43(2,3)4)13-11-31-20-24-49(25-21-31)42(54)60-44(5,6)7/h14-17,26-27,30-32,37,47H,9-13,18-25,28-29H2,1-8H3,(H,45,50)(H,46,51)/t37-/m0/s1. The zero-order chi connectivity index (χ0) is 45.0. The van der Waals surface area contributed by atoms with Gasteiger partial charge in [0.25, 0.3) is 0 Å². The van der Waals surface area contributed by atoms with E-state index < -0.39 is 45.7 Å². The van der Waals surface area contributed by atoms with Crippen molar-refractivity contribution in [2.75, 3.05) is 53.0 Å². The Bertz CT molecular complexity index is 1880. The normalized spacial score (nSPS) is 16.2. The van der Waals surface area contributed by atoms with E-state index in [2.05, 4.69) is 15.4 Å². The summed E-state index contributed by atoms with van der Waals surface area (Å²) in [5.74, 6) is -0.882. The number of methoxy groups -OCH3 is 1.